The number of carboxylic acids is 1. The minimum absolute atomic E-state index is 0.0533. The molecule has 3 radical (unpaired) electrons. The zero-order chi connectivity index (χ0) is 38.2. The molecule has 3 fully saturated rings. The van der Waals surface area contributed by atoms with Gasteiger partial charge in [0.25, 0.3) is 5.91 Å². The lowest BCUT2D eigenvalue weighted by Crippen LogP contribution is -2.48. The first-order valence-corrected chi connectivity index (χ1v) is 19.1. The van der Waals surface area contributed by atoms with Gasteiger partial charge in [-0.25, -0.2) is 19.2 Å². The number of benzene rings is 2. The Kier molecular flexibility index (Phi) is 10.8. The number of ether oxygens (including phenoxy) is 2. The van der Waals surface area contributed by atoms with Crippen LogP contribution < -0.4 is 10.1 Å². The summed E-state index contributed by atoms with van der Waals surface area (Å²) in [6.45, 7) is 7.38. The summed E-state index contributed by atoms with van der Waals surface area (Å²) in [5, 5.41) is 12.2. The van der Waals surface area contributed by atoms with Gasteiger partial charge in [-0.3, -0.25) is 14.5 Å². The molecule has 0 saturated carbocycles. The van der Waals surface area contributed by atoms with E-state index in [0.717, 1.165) is 49.4 Å². The molecular formula is C39H43ClFN6O6Si. The monoisotopic (exact) mass is 773 g/mol. The average Bonchev–Trinajstić information content (AvgIpc) is 3.65. The third-order valence-electron chi connectivity index (χ3n) is 10.6. The molecule has 2 amide bonds. The fourth-order valence-electron chi connectivity index (χ4n) is 7.57. The molecule has 2 N–H and O–H groups in total. The van der Waals surface area contributed by atoms with Crippen LogP contribution in [0.4, 0.5) is 4.39 Å². The number of likely N-dealkylation sites (tertiary alicyclic amines) is 2. The van der Waals surface area contributed by atoms with Crippen molar-refractivity contribution in [1.82, 2.24) is 29.7 Å². The fourth-order valence-corrected chi connectivity index (χ4v) is 8.10. The Labute approximate surface area is 321 Å². The number of hydrogen-bond acceptors (Lipinski definition) is 8. The highest BCUT2D eigenvalue weighted by Crippen LogP contribution is 2.34. The van der Waals surface area contributed by atoms with Crippen LogP contribution in [0.1, 0.15) is 72.9 Å². The van der Waals surface area contributed by atoms with Crippen molar-refractivity contribution in [2.75, 3.05) is 32.8 Å². The van der Waals surface area contributed by atoms with Crippen LogP contribution in [0, 0.1) is 11.2 Å². The Bertz CT molecular complexity index is 2070. The first-order valence-electron chi connectivity index (χ1n) is 18.2. The minimum atomic E-state index is -1.04. The van der Waals surface area contributed by atoms with E-state index in [1.807, 2.05) is 32.0 Å². The Balaban J connectivity index is 1.000. The van der Waals surface area contributed by atoms with Gasteiger partial charge in [0.15, 0.2) is 0 Å². The largest absolute Gasteiger partial charge is 0.480 e. The van der Waals surface area contributed by atoms with Crippen LogP contribution in [-0.2, 0) is 34.0 Å². The van der Waals surface area contributed by atoms with Gasteiger partial charge in [-0.1, -0.05) is 37.6 Å². The van der Waals surface area contributed by atoms with Crippen LogP contribution in [0.3, 0.4) is 0 Å². The fraction of sp³-hybridized carbons (Fsp3) is 0.462. The predicted molar refractivity (Wildman–Crippen MR) is 200 cm³/mol. The second kappa shape index (κ2) is 15.4. The molecule has 2 atom stereocenters. The third-order valence-corrected chi connectivity index (χ3v) is 11.4. The Morgan fingerprint density at radius 1 is 1.11 bits per heavy atom. The third kappa shape index (κ3) is 8.46. The topological polar surface area (TPSA) is 139 Å². The zero-order valence-electron chi connectivity index (χ0n) is 30.3. The van der Waals surface area contributed by atoms with Crippen LogP contribution in [-0.4, -0.2) is 102 Å². The number of fused-ring (bicyclic) bond motifs is 1. The molecule has 4 aromatic rings. The highest BCUT2D eigenvalue weighted by Gasteiger charge is 2.43. The Hall–Kier alpha value is -4.37. The minimum Gasteiger partial charge on any atom is -0.480 e. The summed E-state index contributed by atoms with van der Waals surface area (Å²) in [6.07, 6.45) is 2.99. The van der Waals surface area contributed by atoms with Crippen molar-refractivity contribution in [2.45, 2.75) is 76.4 Å². The lowest BCUT2D eigenvalue weighted by molar-refractivity contribution is -0.147. The molecule has 0 bridgehead atoms. The van der Waals surface area contributed by atoms with E-state index < -0.39 is 34.9 Å². The smallest absolute Gasteiger partial charge is 0.326 e. The molecule has 3 aliphatic heterocycles. The normalized spacial score (nSPS) is 21.6. The zero-order valence-corrected chi connectivity index (χ0v) is 32.1. The summed E-state index contributed by atoms with van der Waals surface area (Å²) in [5.74, 6) is -0.787. The van der Waals surface area contributed by atoms with Gasteiger partial charge in [0.05, 0.1) is 39.6 Å². The summed E-state index contributed by atoms with van der Waals surface area (Å²) in [5.41, 5.74) is 2.90. The molecule has 15 heteroatoms. The van der Waals surface area contributed by atoms with E-state index in [9.17, 15) is 23.9 Å². The molecule has 0 aliphatic carbocycles. The summed E-state index contributed by atoms with van der Waals surface area (Å²) in [6, 6.07) is 14.6. The number of carbonyl (C=O) groups excluding carboxylic acids is 2. The Morgan fingerprint density at radius 3 is 2.59 bits per heavy atom. The van der Waals surface area contributed by atoms with E-state index in [4.69, 9.17) is 31.0 Å². The lowest BCUT2D eigenvalue weighted by Gasteiger charge is -2.39. The van der Waals surface area contributed by atoms with E-state index in [0.29, 0.717) is 60.2 Å². The van der Waals surface area contributed by atoms with Crippen LogP contribution >= 0.6 is 11.6 Å². The van der Waals surface area contributed by atoms with Gasteiger partial charge in [0.1, 0.15) is 24.3 Å². The van der Waals surface area contributed by atoms with Crippen LogP contribution in [0.2, 0.25) is 5.02 Å². The standard InChI is InChI=1S/C39H43ClFN6O6Si/c1-38(2)18-32(37(50)51)47(22-38)35(48)19-42-36(49)25-7-9-31-30(16-25)43-33(46(31)23-39(54)12-15-53-39)20-45-13-10-24(11-14-45)29-4-3-5-34(44-29)52-21-26-6-8-27(40)17-28(26)41/h3-9,16-17,24,32H,10-15,18-23H2,1-2H3,(H,42,49)(H,50,51)/t32-,39+/m0/s1. The number of halogens is 2. The van der Waals surface area contributed by atoms with Gasteiger partial charge >= 0.3 is 5.97 Å². The van der Waals surface area contributed by atoms with Gasteiger partial charge in [0.2, 0.25) is 11.8 Å². The van der Waals surface area contributed by atoms with Crippen molar-refractivity contribution in [3.8, 4) is 5.88 Å². The molecule has 7 rings (SSSR count). The Morgan fingerprint density at radius 2 is 1.89 bits per heavy atom. The number of nitrogens with one attached hydrogen (secondary N) is 1. The number of nitrogens with zero attached hydrogens (tertiary/aromatic N) is 5. The maximum Gasteiger partial charge on any atom is 0.326 e. The van der Waals surface area contributed by atoms with E-state index >= 15 is 0 Å². The quantitative estimate of drug-likeness (QED) is 0.193. The number of aliphatic carboxylic acids is 1. The maximum atomic E-state index is 14.3. The number of carbonyl (C=O) groups is 3. The van der Waals surface area contributed by atoms with Crippen LogP contribution in [0.25, 0.3) is 11.0 Å². The van der Waals surface area contributed by atoms with Gasteiger partial charge in [-0.15, -0.1) is 0 Å². The van der Waals surface area contributed by atoms with Crippen molar-refractivity contribution in [1.29, 1.82) is 0 Å². The number of piperidine rings is 1. The van der Waals surface area contributed by atoms with Crippen LogP contribution in [0.15, 0.2) is 54.6 Å². The molecule has 3 saturated heterocycles. The van der Waals surface area contributed by atoms with E-state index in [1.54, 1.807) is 30.3 Å². The number of carboxylic acid groups (broad SMARTS) is 1. The molecule has 0 unspecified atom stereocenters. The second-order valence-electron chi connectivity index (χ2n) is 15.3. The number of rotatable bonds is 12. The molecular weight excluding hydrogens is 731 g/mol. The maximum absolute atomic E-state index is 14.3. The van der Waals surface area contributed by atoms with Crippen molar-refractivity contribution in [3.63, 3.8) is 0 Å². The summed E-state index contributed by atoms with van der Waals surface area (Å²) in [4.78, 5) is 51.5. The van der Waals surface area contributed by atoms with Gasteiger partial charge < -0.3 is 29.4 Å². The number of amides is 2. The van der Waals surface area contributed by atoms with Gasteiger partial charge in [-0.2, -0.15) is 0 Å². The van der Waals surface area contributed by atoms with Crippen molar-refractivity contribution < 1.29 is 33.4 Å². The molecule has 283 valence electrons. The van der Waals surface area contributed by atoms with E-state index in [1.165, 1.54) is 11.0 Å². The van der Waals surface area contributed by atoms with Crippen LogP contribution in [0.5, 0.6) is 5.88 Å². The second-order valence-corrected chi connectivity index (χ2v) is 16.7. The first kappa shape index (κ1) is 37.9. The molecule has 3 aliphatic rings. The number of imidazole rings is 1. The van der Waals surface area contributed by atoms with Gasteiger partial charge in [-0.05, 0) is 80.6 Å². The molecule has 2 aromatic carbocycles. The summed E-state index contributed by atoms with van der Waals surface area (Å²) >= 11 is 5.88. The van der Waals surface area contributed by atoms with E-state index in [-0.39, 0.29) is 24.5 Å². The molecule has 5 heterocycles. The highest BCUT2D eigenvalue weighted by atomic mass is 35.5. The van der Waals surface area contributed by atoms with Crippen molar-refractivity contribution in [2.24, 2.45) is 5.41 Å². The SMILES string of the molecule is CC1(C)C[C@@H](C(=O)O)N(C(=O)CNC(=O)c2ccc3c(c2)nc(CN2CCC(c4cccc(OCc5ccc(Cl)cc5F)n4)CC2)n3C[C@]2([Si])CCO2)C1. The summed E-state index contributed by atoms with van der Waals surface area (Å²) < 4.78 is 28.1. The number of hydrogen-bond donors (Lipinski definition) is 2. The number of aromatic nitrogens is 3. The average molecular weight is 774 g/mol. The predicted octanol–water partition coefficient (Wildman–Crippen LogP) is 4.91. The first-order chi connectivity index (χ1) is 25.8. The lowest BCUT2D eigenvalue weighted by atomic mass is 9.91. The summed E-state index contributed by atoms with van der Waals surface area (Å²) in [7, 11) is 3.82. The molecule has 2 aromatic heterocycles. The van der Waals surface area contributed by atoms with Crippen molar-refractivity contribution >= 4 is 50.7 Å². The highest BCUT2D eigenvalue weighted by molar-refractivity contribution is 6.30. The molecule has 12 nitrogen and oxygen atoms in total. The van der Waals surface area contributed by atoms with Gasteiger partial charge in [0, 0.05) is 53.5 Å². The number of pyridine rings is 1. The van der Waals surface area contributed by atoms with E-state index in [2.05, 4.69) is 25.0 Å². The molecule has 0 spiro atoms. The molecule has 54 heavy (non-hydrogen) atoms. The van der Waals surface area contributed by atoms with Crippen molar-refractivity contribution in [3.05, 3.63) is 88.1 Å².